The molecule has 0 aliphatic heterocycles. The maximum absolute atomic E-state index is 13.6. The summed E-state index contributed by atoms with van der Waals surface area (Å²) in [5.74, 6) is -1.69. The molecule has 112 valence electrons. The van der Waals surface area contributed by atoms with Crippen LogP contribution in [-0.2, 0) is 6.18 Å². The van der Waals surface area contributed by atoms with Gasteiger partial charge in [-0.2, -0.15) is 13.2 Å². The molecule has 0 heterocycles. The van der Waals surface area contributed by atoms with Crippen LogP contribution < -0.4 is 0 Å². The number of carbonyl (C=O) groups excluding carboxylic acids is 1. The lowest BCUT2D eigenvalue weighted by Gasteiger charge is -2.25. The zero-order chi connectivity index (χ0) is 15.5. The summed E-state index contributed by atoms with van der Waals surface area (Å²) in [6.07, 6.45) is -3.08. The molecule has 1 aromatic carbocycles. The van der Waals surface area contributed by atoms with Crippen molar-refractivity contribution in [2.45, 2.75) is 38.9 Å². The van der Waals surface area contributed by atoms with Crippen LogP contribution in [0.15, 0.2) is 18.2 Å². The van der Waals surface area contributed by atoms with Gasteiger partial charge in [0.1, 0.15) is 5.82 Å². The maximum Gasteiger partial charge on any atom is 0.416 e. The highest BCUT2D eigenvalue weighted by Gasteiger charge is 2.32. The van der Waals surface area contributed by atoms with Gasteiger partial charge in [-0.25, -0.2) is 4.39 Å². The second-order valence-corrected chi connectivity index (χ2v) is 4.75. The third-order valence-corrected chi connectivity index (χ3v) is 3.21. The van der Waals surface area contributed by atoms with Gasteiger partial charge in [-0.1, -0.05) is 13.3 Å². The van der Waals surface area contributed by atoms with Gasteiger partial charge in [-0.05, 0) is 31.5 Å². The molecule has 0 saturated heterocycles. The number of nitrogens with zero attached hydrogens (tertiary/aromatic N) is 1. The lowest BCUT2D eigenvalue weighted by atomic mass is 10.1. The molecule has 1 rings (SSSR count). The average Bonchev–Trinajstić information content (AvgIpc) is 2.36. The Morgan fingerprint density at radius 3 is 2.45 bits per heavy atom. The number of hydrogen-bond donors (Lipinski definition) is 0. The summed E-state index contributed by atoms with van der Waals surface area (Å²) in [4.78, 5) is 13.3. The highest BCUT2D eigenvalue weighted by Crippen LogP contribution is 2.30. The van der Waals surface area contributed by atoms with Crippen LogP contribution in [0.25, 0.3) is 0 Å². The van der Waals surface area contributed by atoms with Crippen molar-refractivity contribution >= 4 is 5.91 Å². The summed E-state index contributed by atoms with van der Waals surface area (Å²) in [6.45, 7) is 3.70. The first-order chi connectivity index (χ1) is 9.18. The fraction of sp³-hybridized carbons (Fsp3) is 0.500. The molecule has 0 aliphatic carbocycles. The van der Waals surface area contributed by atoms with Gasteiger partial charge in [0.05, 0.1) is 11.1 Å². The van der Waals surface area contributed by atoms with Crippen molar-refractivity contribution in [2.75, 3.05) is 7.05 Å². The maximum atomic E-state index is 13.6. The fourth-order valence-electron chi connectivity index (χ4n) is 1.87. The van der Waals surface area contributed by atoms with Crippen molar-refractivity contribution in [3.05, 3.63) is 35.1 Å². The van der Waals surface area contributed by atoms with Gasteiger partial charge in [0.25, 0.3) is 5.91 Å². The highest BCUT2D eigenvalue weighted by atomic mass is 19.4. The molecule has 0 aromatic heterocycles. The first-order valence-corrected chi connectivity index (χ1v) is 6.32. The molecule has 0 N–H and O–H groups in total. The van der Waals surface area contributed by atoms with Gasteiger partial charge in [0.15, 0.2) is 0 Å². The molecular weight excluding hydrogens is 274 g/mol. The van der Waals surface area contributed by atoms with E-state index in [9.17, 15) is 22.4 Å². The summed E-state index contributed by atoms with van der Waals surface area (Å²) in [6, 6.07) is 1.70. The van der Waals surface area contributed by atoms with Gasteiger partial charge >= 0.3 is 6.18 Å². The van der Waals surface area contributed by atoms with Crippen LogP contribution in [0.5, 0.6) is 0 Å². The van der Waals surface area contributed by atoms with Gasteiger partial charge in [-0.15, -0.1) is 0 Å². The molecule has 2 nitrogen and oxygen atoms in total. The second-order valence-electron chi connectivity index (χ2n) is 4.75. The molecule has 0 bridgehead atoms. The molecule has 1 aromatic rings. The first-order valence-electron chi connectivity index (χ1n) is 6.32. The molecule has 1 amide bonds. The van der Waals surface area contributed by atoms with Gasteiger partial charge in [0.2, 0.25) is 0 Å². The normalized spacial score (nSPS) is 13.2. The van der Waals surface area contributed by atoms with E-state index >= 15 is 0 Å². The summed E-state index contributed by atoms with van der Waals surface area (Å²) in [5.41, 5.74) is -1.58. The molecule has 0 aliphatic rings. The Labute approximate surface area is 115 Å². The number of amides is 1. The van der Waals surface area contributed by atoms with Crippen LogP contribution in [0.4, 0.5) is 17.6 Å². The molecular formula is C14H17F4NO. The SMILES string of the molecule is CCCC(C)N(C)C(=O)c1cc(C(F)(F)F)ccc1F. The second kappa shape index (κ2) is 6.24. The fourth-order valence-corrected chi connectivity index (χ4v) is 1.87. The minimum absolute atomic E-state index is 0.165. The van der Waals surface area contributed by atoms with Gasteiger partial charge < -0.3 is 4.90 Å². The lowest BCUT2D eigenvalue weighted by molar-refractivity contribution is -0.137. The van der Waals surface area contributed by atoms with Crippen molar-refractivity contribution in [3.8, 4) is 0 Å². The summed E-state index contributed by atoms with van der Waals surface area (Å²) >= 11 is 0. The Kier molecular flexibility index (Phi) is 5.14. The van der Waals surface area contributed by atoms with Crippen molar-refractivity contribution in [1.82, 2.24) is 4.90 Å². The van der Waals surface area contributed by atoms with E-state index in [-0.39, 0.29) is 6.04 Å². The first kappa shape index (κ1) is 16.5. The van der Waals surface area contributed by atoms with Gasteiger partial charge in [0, 0.05) is 13.1 Å². The van der Waals surface area contributed by atoms with Crippen molar-refractivity contribution < 1.29 is 22.4 Å². The smallest absolute Gasteiger partial charge is 0.339 e. The molecule has 0 saturated carbocycles. The standard InChI is InChI=1S/C14H17F4NO/c1-4-5-9(2)19(3)13(20)11-8-10(14(16,17)18)6-7-12(11)15/h6-9H,4-5H2,1-3H3. The minimum Gasteiger partial charge on any atom is -0.339 e. The molecule has 0 spiro atoms. The predicted octanol–water partition coefficient (Wildman–Crippen LogP) is 4.11. The molecule has 1 atom stereocenters. The van der Waals surface area contributed by atoms with E-state index in [1.807, 2.05) is 6.92 Å². The van der Waals surface area contributed by atoms with Crippen molar-refractivity contribution in [3.63, 3.8) is 0 Å². The third kappa shape index (κ3) is 3.71. The summed E-state index contributed by atoms with van der Waals surface area (Å²) < 4.78 is 51.4. The monoisotopic (exact) mass is 291 g/mol. The Hall–Kier alpha value is -1.59. The van der Waals surface area contributed by atoms with E-state index in [0.29, 0.717) is 24.6 Å². The number of carbonyl (C=O) groups is 1. The van der Waals surface area contributed by atoms with Crippen LogP contribution in [0.3, 0.4) is 0 Å². The van der Waals surface area contributed by atoms with Crippen LogP contribution >= 0.6 is 0 Å². The zero-order valence-corrected chi connectivity index (χ0v) is 11.6. The van der Waals surface area contributed by atoms with Crippen LogP contribution in [-0.4, -0.2) is 23.9 Å². The van der Waals surface area contributed by atoms with Crippen molar-refractivity contribution in [1.29, 1.82) is 0 Å². The zero-order valence-electron chi connectivity index (χ0n) is 11.6. The van der Waals surface area contributed by atoms with Crippen LogP contribution in [0.1, 0.15) is 42.6 Å². The molecule has 20 heavy (non-hydrogen) atoms. The molecule has 1 unspecified atom stereocenters. The van der Waals surface area contributed by atoms with Crippen molar-refractivity contribution in [2.24, 2.45) is 0 Å². The molecule has 0 radical (unpaired) electrons. The quantitative estimate of drug-likeness (QED) is 0.765. The number of hydrogen-bond acceptors (Lipinski definition) is 1. The molecule has 6 heteroatoms. The predicted molar refractivity (Wildman–Crippen MR) is 67.9 cm³/mol. The van der Waals surface area contributed by atoms with Gasteiger partial charge in [-0.3, -0.25) is 4.79 Å². The Morgan fingerprint density at radius 2 is 1.95 bits per heavy atom. The highest BCUT2D eigenvalue weighted by molar-refractivity contribution is 5.94. The Morgan fingerprint density at radius 1 is 1.35 bits per heavy atom. The topological polar surface area (TPSA) is 20.3 Å². The van der Waals surface area contributed by atoms with Crippen LogP contribution in [0.2, 0.25) is 0 Å². The van der Waals surface area contributed by atoms with E-state index in [0.717, 1.165) is 6.42 Å². The van der Waals surface area contributed by atoms with E-state index in [1.54, 1.807) is 6.92 Å². The number of alkyl halides is 3. The number of benzene rings is 1. The Balaban J connectivity index is 3.09. The molecule has 0 fully saturated rings. The number of halogens is 4. The van der Waals surface area contributed by atoms with E-state index in [2.05, 4.69) is 0 Å². The van der Waals surface area contributed by atoms with E-state index in [1.165, 1.54) is 11.9 Å². The number of rotatable bonds is 4. The van der Waals surface area contributed by atoms with E-state index < -0.39 is 29.0 Å². The Bertz CT molecular complexity index is 485. The summed E-state index contributed by atoms with van der Waals surface area (Å²) in [7, 11) is 1.46. The largest absolute Gasteiger partial charge is 0.416 e. The van der Waals surface area contributed by atoms with E-state index in [4.69, 9.17) is 0 Å². The third-order valence-electron chi connectivity index (χ3n) is 3.21. The average molecular weight is 291 g/mol. The lowest BCUT2D eigenvalue weighted by Crippen LogP contribution is -2.35. The minimum atomic E-state index is -4.60. The summed E-state index contributed by atoms with van der Waals surface area (Å²) in [5, 5.41) is 0. The van der Waals surface area contributed by atoms with Crippen LogP contribution in [0, 0.1) is 5.82 Å².